The van der Waals surface area contributed by atoms with Gasteiger partial charge in [-0.2, -0.15) is 0 Å². The van der Waals surface area contributed by atoms with Crippen LogP contribution < -0.4 is 16.4 Å². The third-order valence-corrected chi connectivity index (χ3v) is 4.73. The zero-order chi connectivity index (χ0) is 17.9. The van der Waals surface area contributed by atoms with Crippen molar-refractivity contribution in [2.75, 3.05) is 18.9 Å². The first kappa shape index (κ1) is 16.9. The van der Waals surface area contributed by atoms with Gasteiger partial charge in [0.05, 0.1) is 11.1 Å². The van der Waals surface area contributed by atoms with Gasteiger partial charge in [0, 0.05) is 24.7 Å². The summed E-state index contributed by atoms with van der Waals surface area (Å²) in [6.07, 6.45) is 2.83. The number of nitrogens with zero attached hydrogens (tertiary/aromatic N) is 2. The highest BCUT2D eigenvalue weighted by molar-refractivity contribution is 5.94. The maximum Gasteiger partial charge on any atom is 0.248 e. The molecule has 7 heteroatoms. The Morgan fingerprint density at radius 3 is 2.56 bits per heavy atom. The lowest BCUT2D eigenvalue weighted by Crippen LogP contribution is -2.48. The fourth-order valence-corrected chi connectivity index (χ4v) is 3.02. The Morgan fingerprint density at radius 2 is 2.00 bits per heavy atom. The van der Waals surface area contributed by atoms with Crippen LogP contribution in [-0.2, 0) is 4.79 Å². The van der Waals surface area contributed by atoms with Gasteiger partial charge in [0.25, 0.3) is 0 Å². The van der Waals surface area contributed by atoms with Crippen molar-refractivity contribution in [1.82, 2.24) is 15.5 Å². The van der Waals surface area contributed by atoms with Gasteiger partial charge in [0.2, 0.25) is 11.8 Å². The van der Waals surface area contributed by atoms with Crippen molar-refractivity contribution in [2.24, 2.45) is 11.1 Å². The number of nitrogens with two attached hydrogens (primary N) is 1. The highest BCUT2D eigenvalue weighted by Gasteiger charge is 2.43. The van der Waals surface area contributed by atoms with Crippen LogP contribution in [0.15, 0.2) is 36.4 Å². The first-order valence-corrected chi connectivity index (χ1v) is 8.24. The van der Waals surface area contributed by atoms with E-state index in [0.29, 0.717) is 23.6 Å². The molecule has 2 aromatic rings. The van der Waals surface area contributed by atoms with Crippen LogP contribution in [0.3, 0.4) is 0 Å². The lowest BCUT2D eigenvalue weighted by Gasteiger charge is -2.39. The average Bonchev–Trinajstić information content (AvgIpc) is 2.61. The summed E-state index contributed by atoms with van der Waals surface area (Å²) in [7, 11) is 1.66. The van der Waals surface area contributed by atoms with Crippen molar-refractivity contribution in [3.63, 3.8) is 0 Å². The molecule has 4 N–H and O–H groups in total. The lowest BCUT2D eigenvalue weighted by atomic mass is 9.68. The van der Waals surface area contributed by atoms with E-state index in [1.165, 1.54) is 0 Å². The molecule has 0 atom stereocenters. The van der Waals surface area contributed by atoms with Crippen LogP contribution in [0.2, 0.25) is 0 Å². The Balaban J connectivity index is 1.69. The molecule has 2 amide bonds. The second-order valence-electron chi connectivity index (χ2n) is 6.32. The summed E-state index contributed by atoms with van der Waals surface area (Å²) in [4.78, 5) is 23.3. The molecule has 0 spiro atoms. The molecule has 1 heterocycles. The van der Waals surface area contributed by atoms with Crippen LogP contribution in [0.5, 0.6) is 0 Å². The van der Waals surface area contributed by atoms with Gasteiger partial charge in [0.1, 0.15) is 5.82 Å². The predicted molar refractivity (Wildman–Crippen MR) is 94.8 cm³/mol. The summed E-state index contributed by atoms with van der Waals surface area (Å²) >= 11 is 0. The molecule has 1 fully saturated rings. The van der Waals surface area contributed by atoms with Gasteiger partial charge >= 0.3 is 0 Å². The van der Waals surface area contributed by atoms with E-state index >= 15 is 0 Å². The first-order valence-electron chi connectivity index (χ1n) is 8.24. The van der Waals surface area contributed by atoms with Gasteiger partial charge in [-0.25, -0.2) is 0 Å². The number of anilines is 1. The van der Waals surface area contributed by atoms with E-state index in [9.17, 15) is 9.59 Å². The highest BCUT2D eigenvalue weighted by atomic mass is 16.2. The Bertz CT molecular complexity index is 784. The Morgan fingerprint density at radius 1 is 1.20 bits per heavy atom. The molecular weight excluding hydrogens is 318 g/mol. The van der Waals surface area contributed by atoms with Gasteiger partial charge in [-0.05, 0) is 37.1 Å². The molecule has 0 unspecified atom stereocenters. The monoisotopic (exact) mass is 339 g/mol. The van der Waals surface area contributed by atoms with Crippen molar-refractivity contribution in [1.29, 1.82) is 0 Å². The summed E-state index contributed by atoms with van der Waals surface area (Å²) in [5, 5.41) is 14.3. The molecule has 0 radical (unpaired) electrons. The Hall–Kier alpha value is -2.96. The quantitative estimate of drug-likeness (QED) is 0.740. The summed E-state index contributed by atoms with van der Waals surface area (Å²) in [6, 6.07) is 10.6. The number of hydrogen-bond acceptors (Lipinski definition) is 5. The molecule has 130 valence electrons. The standard InChI is InChI=1S/C18H21N5O2/c1-20-17(25)18(8-3-9-18)11-21-15-7-6-14(22-23-15)12-4-2-5-13(10-12)16(19)24/h2,4-7,10H,3,8-9,11H2,1H3,(H2,19,24)(H,20,25)(H,21,23). The normalized spacial score (nSPS) is 15.1. The SMILES string of the molecule is CNC(=O)C1(CNc2ccc(-c3cccc(C(N)=O)c3)nn2)CCC1. The molecule has 1 aliphatic carbocycles. The Kier molecular flexibility index (Phi) is 4.65. The fourth-order valence-electron chi connectivity index (χ4n) is 3.02. The van der Waals surface area contributed by atoms with Crippen molar-refractivity contribution >= 4 is 17.6 Å². The molecule has 1 aromatic carbocycles. The summed E-state index contributed by atoms with van der Waals surface area (Å²) in [6.45, 7) is 0.540. The van der Waals surface area contributed by atoms with E-state index in [4.69, 9.17) is 5.73 Å². The van der Waals surface area contributed by atoms with Crippen molar-refractivity contribution in [3.05, 3.63) is 42.0 Å². The van der Waals surface area contributed by atoms with E-state index in [0.717, 1.165) is 24.8 Å². The zero-order valence-electron chi connectivity index (χ0n) is 14.1. The predicted octanol–water partition coefficient (Wildman–Crippen LogP) is 1.57. The van der Waals surface area contributed by atoms with Crippen molar-refractivity contribution < 1.29 is 9.59 Å². The largest absolute Gasteiger partial charge is 0.368 e. The van der Waals surface area contributed by atoms with E-state index in [1.807, 2.05) is 18.2 Å². The van der Waals surface area contributed by atoms with E-state index in [1.54, 1.807) is 25.2 Å². The Labute approximate surface area is 146 Å². The van der Waals surface area contributed by atoms with Gasteiger partial charge in [-0.15, -0.1) is 10.2 Å². The number of benzene rings is 1. The first-order chi connectivity index (χ1) is 12.0. The van der Waals surface area contributed by atoms with Crippen LogP contribution >= 0.6 is 0 Å². The number of carbonyl (C=O) groups is 2. The van der Waals surface area contributed by atoms with Crippen LogP contribution in [0.4, 0.5) is 5.82 Å². The van der Waals surface area contributed by atoms with Crippen LogP contribution in [0.1, 0.15) is 29.6 Å². The lowest BCUT2D eigenvalue weighted by molar-refractivity contribution is -0.134. The molecular formula is C18H21N5O2. The van der Waals surface area contributed by atoms with E-state index in [2.05, 4.69) is 20.8 Å². The maximum absolute atomic E-state index is 12.0. The molecule has 1 saturated carbocycles. The minimum atomic E-state index is -0.479. The van der Waals surface area contributed by atoms with Gasteiger partial charge in [0.15, 0.2) is 0 Å². The topological polar surface area (TPSA) is 110 Å². The summed E-state index contributed by atoms with van der Waals surface area (Å²) in [5.74, 6) is 0.206. The number of hydrogen-bond donors (Lipinski definition) is 3. The molecule has 0 aliphatic heterocycles. The number of amides is 2. The van der Waals surface area contributed by atoms with Gasteiger partial charge in [-0.3, -0.25) is 9.59 Å². The zero-order valence-corrected chi connectivity index (χ0v) is 14.1. The molecule has 0 bridgehead atoms. The van der Waals surface area contributed by atoms with E-state index in [-0.39, 0.29) is 11.3 Å². The molecule has 3 rings (SSSR count). The average molecular weight is 339 g/mol. The maximum atomic E-state index is 12.0. The van der Waals surface area contributed by atoms with Crippen LogP contribution in [0, 0.1) is 5.41 Å². The smallest absolute Gasteiger partial charge is 0.248 e. The second kappa shape index (κ2) is 6.88. The van der Waals surface area contributed by atoms with Gasteiger partial charge in [-0.1, -0.05) is 18.6 Å². The number of primary amides is 1. The third kappa shape index (κ3) is 3.45. The molecule has 7 nitrogen and oxygen atoms in total. The molecule has 1 aliphatic rings. The number of nitrogens with one attached hydrogen (secondary N) is 2. The highest BCUT2D eigenvalue weighted by Crippen LogP contribution is 2.41. The molecule has 1 aromatic heterocycles. The molecule has 0 saturated heterocycles. The van der Waals surface area contributed by atoms with Crippen LogP contribution in [-0.4, -0.2) is 35.6 Å². The molecule has 25 heavy (non-hydrogen) atoms. The van der Waals surface area contributed by atoms with Crippen LogP contribution in [0.25, 0.3) is 11.3 Å². The summed E-state index contributed by atoms with van der Waals surface area (Å²) < 4.78 is 0. The number of carbonyl (C=O) groups excluding carboxylic acids is 2. The minimum absolute atomic E-state index is 0.0686. The summed E-state index contributed by atoms with van der Waals surface area (Å²) in [5.41, 5.74) is 6.81. The fraction of sp³-hybridized carbons (Fsp3) is 0.333. The third-order valence-electron chi connectivity index (χ3n) is 4.73. The number of rotatable bonds is 6. The van der Waals surface area contributed by atoms with Crippen molar-refractivity contribution in [2.45, 2.75) is 19.3 Å². The minimum Gasteiger partial charge on any atom is -0.368 e. The van der Waals surface area contributed by atoms with Crippen molar-refractivity contribution in [3.8, 4) is 11.3 Å². The second-order valence-corrected chi connectivity index (χ2v) is 6.32. The van der Waals surface area contributed by atoms with Gasteiger partial charge < -0.3 is 16.4 Å². The van der Waals surface area contributed by atoms with E-state index < -0.39 is 5.91 Å². The number of aromatic nitrogens is 2.